The van der Waals surface area contributed by atoms with Gasteiger partial charge in [0.25, 0.3) is 0 Å². The summed E-state index contributed by atoms with van der Waals surface area (Å²) in [5.74, 6) is 0.621. The molecule has 0 bridgehead atoms. The van der Waals surface area contributed by atoms with Gasteiger partial charge in [-0.3, -0.25) is 0 Å². The standard InChI is InChI=1S/C18H31N3O4S/c1-6-21(14-18(2,3)12-7-13-20-17(22)19-4)26(23,24)16-10-8-15(25-5)9-11-16/h8-11H,6-7,12-14H2,1-5H3,(H2,19,20,22). The summed E-state index contributed by atoms with van der Waals surface area (Å²) in [6.45, 7) is 7.29. The van der Waals surface area contributed by atoms with E-state index in [0.29, 0.717) is 25.4 Å². The molecular weight excluding hydrogens is 354 g/mol. The zero-order valence-electron chi connectivity index (χ0n) is 16.3. The van der Waals surface area contributed by atoms with Crippen LogP contribution in [-0.2, 0) is 10.0 Å². The third-order valence-electron chi connectivity index (χ3n) is 4.20. The summed E-state index contributed by atoms with van der Waals surface area (Å²) >= 11 is 0. The van der Waals surface area contributed by atoms with Gasteiger partial charge in [-0.2, -0.15) is 4.31 Å². The SMILES string of the molecule is CCN(CC(C)(C)CCCNC(=O)NC)S(=O)(=O)c1ccc(OC)cc1. The fourth-order valence-corrected chi connectivity index (χ4v) is 4.31. The van der Waals surface area contributed by atoms with Crippen LogP contribution in [0, 0.1) is 5.41 Å². The Balaban J connectivity index is 2.74. The lowest BCUT2D eigenvalue weighted by molar-refractivity contribution is 0.234. The number of rotatable bonds is 10. The molecule has 0 fully saturated rings. The smallest absolute Gasteiger partial charge is 0.314 e. The molecule has 2 amide bonds. The lowest BCUT2D eigenvalue weighted by atomic mass is 9.88. The van der Waals surface area contributed by atoms with Crippen molar-refractivity contribution in [1.82, 2.24) is 14.9 Å². The normalized spacial score (nSPS) is 12.1. The fourth-order valence-electron chi connectivity index (χ4n) is 2.68. The van der Waals surface area contributed by atoms with E-state index < -0.39 is 10.0 Å². The van der Waals surface area contributed by atoms with Crippen molar-refractivity contribution in [2.24, 2.45) is 5.41 Å². The van der Waals surface area contributed by atoms with E-state index in [0.717, 1.165) is 12.8 Å². The zero-order chi connectivity index (χ0) is 19.8. The Kier molecular flexibility index (Phi) is 8.36. The highest BCUT2D eigenvalue weighted by Gasteiger charge is 2.29. The summed E-state index contributed by atoms with van der Waals surface area (Å²) in [4.78, 5) is 11.4. The predicted octanol–water partition coefficient (Wildman–Crippen LogP) is 2.44. The van der Waals surface area contributed by atoms with Gasteiger partial charge in [-0.25, -0.2) is 13.2 Å². The van der Waals surface area contributed by atoms with Crippen molar-refractivity contribution < 1.29 is 17.9 Å². The van der Waals surface area contributed by atoms with Crippen LogP contribution in [0.25, 0.3) is 0 Å². The van der Waals surface area contributed by atoms with Gasteiger partial charge in [0.05, 0.1) is 12.0 Å². The summed E-state index contributed by atoms with van der Waals surface area (Å²) in [6, 6.07) is 6.22. The Labute approximate surface area is 157 Å². The average molecular weight is 386 g/mol. The van der Waals surface area contributed by atoms with Crippen LogP contribution >= 0.6 is 0 Å². The van der Waals surface area contributed by atoms with Gasteiger partial charge in [-0.05, 0) is 42.5 Å². The molecule has 7 nitrogen and oxygen atoms in total. The van der Waals surface area contributed by atoms with Crippen LogP contribution in [-0.4, -0.2) is 52.5 Å². The Bertz CT molecular complexity index is 672. The zero-order valence-corrected chi connectivity index (χ0v) is 17.1. The van der Waals surface area contributed by atoms with Crippen molar-refractivity contribution in [3.63, 3.8) is 0 Å². The second-order valence-electron chi connectivity index (χ2n) is 6.88. The highest BCUT2D eigenvalue weighted by molar-refractivity contribution is 7.89. The number of nitrogens with zero attached hydrogens (tertiary/aromatic N) is 1. The molecule has 0 aromatic heterocycles. The number of urea groups is 1. The minimum Gasteiger partial charge on any atom is -0.497 e. The number of amides is 2. The van der Waals surface area contributed by atoms with Gasteiger partial charge in [0.2, 0.25) is 10.0 Å². The molecule has 1 aromatic rings. The van der Waals surface area contributed by atoms with Crippen LogP contribution in [0.15, 0.2) is 29.2 Å². The van der Waals surface area contributed by atoms with Crippen molar-refractivity contribution >= 4 is 16.1 Å². The molecule has 0 unspecified atom stereocenters. The maximum absolute atomic E-state index is 12.9. The third-order valence-corrected chi connectivity index (χ3v) is 6.13. The molecule has 0 spiro atoms. The molecule has 0 aliphatic carbocycles. The Hall–Kier alpha value is -1.80. The molecule has 0 saturated carbocycles. The number of hydrogen-bond acceptors (Lipinski definition) is 4. The molecule has 0 radical (unpaired) electrons. The number of sulfonamides is 1. The van der Waals surface area contributed by atoms with Gasteiger partial charge in [0, 0.05) is 26.7 Å². The van der Waals surface area contributed by atoms with Crippen LogP contribution in [0.1, 0.15) is 33.6 Å². The number of methoxy groups -OCH3 is 1. The third kappa shape index (κ3) is 6.49. The molecule has 1 rings (SSSR count). The van der Waals surface area contributed by atoms with Gasteiger partial charge in [0.15, 0.2) is 0 Å². The predicted molar refractivity (Wildman–Crippen MR) is 103 cm³/mol. The molecule has 26 heavy (non-hydrogen) atoms. The molecule has 1 aromatic carbocycles. The first-order valence-electron chi connectivity index (χ1n) is 8.76. The minimum absolute atomic E-state index is 0.208. The average Bonchev–Trinajstić information content (AvgIpc) is 2.63. The van der Waals surface area contributed by atoms with E-state index in [4.69, 9.17) is 4.74 Å². The van der Waals surface area contributed by atoms with Crippen LogP contribution in [0.4, 0.5) is 4.79 Å². The van der Waals surface area contributed by atoms with Gasteiger partial charge >= 0.3 is 6.03 Å². The van der Waals surface area contributed by atoms with E-state index in [-0.39, 0.29) is 16.3 Å². The van der Waals surface area contributed by atoms with Crippen molar-refractivity contribution in [3.8, 4) is 5.75 Å². The molecule has 0 atom stereocenters. The fraction of sp³-hybridized carbons (Fsp3) is 0.611. The summed E-state index contributed by atoms with van der Waals surface area (Å²) in [7, 11) is -0.442. The maximum atomic E-state index is 12.9. The van der Waals surface area contributed by atoms with Gasteiger partial charge in [-0.1, -0.05) is 20.8 Å². The summed E-state index contributed by atoms with van der Waals surface area (Å²) < 4.78 is 32.4. The van der Waals surface area contributed by atoms with Crippen LogP contribution in [0.2, 0.25) is 0 Å². The number of carbonyl (C=O) groups excluding carboxylic acids is 1. The summed E-state index contributed by atoms with van der Waals surface area (Å²) in [5, 5.41) is 5.25. The van der Waals surface area contributed by atoms with Crippen LogP contribution < -0.4 is 15.4 Å². The topological polar surface area (TPSA) is 87.7 Å². The Morgan fingerprint density at radius 2 is 1.85 bits per heavy atom. The second kappa shape index (κ2) is 9.78. The number of carbonyl (C=O) groups is 1. The Morgan fingerprint density at radius 3 is 2.35 bits per heavy atom. The monoisotopic (exact) mass is 385 g/mol. The first kappa shape index (κ1) is 22.2. The molecule has 8 heteroatoms. The molecule has 2 N–H and O–H groups in total. The van der Waals surface area contributed by atoms with Crippen LogP contribution in [0.5, 0.6) is 5.75 Å². The minimum atomic E-state index is -3.56. The van der Waals surface area contributed by atoms with Crippen molar-refractivity contribution in [2.75, 3.05) is 33.8 Å². The first-order chi connectivity index (χ1) is 12.2. The van der Waals surface area contributed by atoms with E-state index in [1.165, 1.54) is 4.31 Å². The quantitative estimate of drug-likeness (QED) is 0.606. The highest BCUT2D eigenvalue weighted by atomic mass is 32.2. The number of nitrogens with one attached hydrogen (secondary N) is 2. The molecule has 0 aliphatic heterocycles. The molecule has 148 valence electrons. The van der Waals surface area contributed by atoms with E-state index in [2.05, 4.69) is 10.6 Å². The van der Waals surface area contributed by atoms with Gasteiger partial charge < -0.3 is 15.4 Å². The van der Waals surface area contributed by atoms with E-state index >= 15 is 0 Å². The first-order valence-corrected chi connectivity index (χ1v) is 10.2. The molecular formula is C18H31N3O4S. The lowest BCUT2D eigenvalue weighted by Crippen LogP contribution is -2.39. The van der Waals surface area contributed by atoms with Crippen LogP contribution in [0.3, 0.4) is 0 Å². The van der Waals surface area contributed by atoms with Gasteiger partial charge in [-0.15, -0.1) is 0 Å². The largest absolute Gasteiger partial charge is 0.497 e. The van der Waals surface area contributed by atoms with E-state index in [1.807, 2.05) is 20.8 Å². The lowest BCUT2D eigenvalue weighted by Gasteiger charge is -2.31. The number of benzene rings is 1. The van der Waals surface area contributed by atoms with Crippen molar-refractivity contribution in [2.45, 2.75) is 38.5 Å². The highest BCUT2D eigenvalue weighted by Crippen LogP contribution is 2.27. The van der Waals surface area contributed by atoms with Gasteiger partial charge in [0.1, 0.15) is 5.75 Å². The van der Waals surface area contributed by atoms with E-state index in [1.54, 1.807) is 38.4 Å². The Morgan fingerprint density at radius 1 is 1.23 bits per heavy atom. The second-order valence-corrected chi connectivity index (χ2v) is 8.82. The summed E-state index contributed by atoms with van der Waals surface area (Å²) in [6.07, 6.45) is 1.58. The van der Waals surface area contributed by atoms with Crippen molar-refractivity contribution in [1.29, 1.82) is 0 Å². The molecule has 0 aliphatic rings. The molecule has 0 saturated heterocycles. The summed E-state index contributed by atoms with van der Waals surface area (Å²) in [5.41, 5.74) is -0.208. The van der Waals surface area contributed by atoms with Crippen molar-refractivity contribution in [3.05, 3.63) is 24.3 Å². The molecule has 0 heterocycles. The van der Waals surface area contributed by atoms with E-state index in [9.17, 15) is 13.2 Å². The number of ether oxygens (including phenoxy) is 1. The number of hydrogen-bond donors (Lipinski definition) is 2. The maximum Gasteiger partial charge on any atom is 0.314 e.